The Bertz CT molecular complexity index is 501. The first-order chi connectivity index (χ1) is 12.8. The van der Waals surface area contributed by atoms with Gasteiger partial charge in [0.2, 0.25) is 0 Å². The highest BCUT2D eigenvalue weighted by molar-refractivity contribution is 5.76. The van der Waals surface area contributed by atoms with E-state index >= 15 is 0 Å². The topological polar surface area (TPSA) is 52.6 Å². The van der Waals surface area contributed by atoms with E-state index in [4.69, 9.17) is 4.74 Å². The van der Waals surface area contributed by atoms with Gasteiger partial charge >= 0.3 is 18.1 Å². The van der Waals surface area contributed by atoms with Gasteiger partial charge in [-0.2, -0.15) is 13.2 Å². The third kappa shape index (κ3) is 10.9. The van der Waals surface area contributed by atoms with Crippen LogP contribution in [0.4, 0.5) is 13.2 Å². The van der Waals surface area contributed by atoms with Gasteiger partial charge in [0.15, 0.2) is 6.10 Å². The molecule has 1 atom stereocenters. The lowest BCUT2D eigenvalue weighted by Crippen LogP contribution is -2.36. The van der Waals surface area contributed by atoms with Crippen molar-refractivity contribution in [3.8, 4) is 0 Å². The maximum Gasteiger partial charge on any atom is 0.425 e. The summed E-state index contributed by atoms with van der Waals surface area (Å²) in [6.07, 6.45) is -5.24. The molecule has 0 fully saturated rings. The molecule has 0 radical (unpaired) electrons. The van der Waals surface area contributed by atoms with Gasteiger partial charge in [0.25, 0.3) is 0 Å². The van der Waals surface area contributed by atoms with Crippen molar-refractivity contribution in [3.63, 3.8) is 0 Å². The lowest BCUT2D eigenvalue weighted by molar-refractivity contribution is -0.221. The third-order valence-corrected chi connectivity index (χ3v) is 5.17. The molecule has 4 nitrogen and oxygen atoms in total. The molecule has 0 aromatic heterocycles. The largest absolute Gasteiger partial charge is 0.461 e. The lowest BCUT2D eigenvalue weighted by atomic mass is 9.89. The van der Waals surface area contributed by atoms with Crippen molar-refractivity contribution < 1.29 is 32.2 Å². The minimum atomic E-state index is -4.49. The Morgan fingerprint density at radius 1 is 0.724 bits per heavy atom. The summed E-state index contributed by atoms with van der Waals surface area (Å²) in [7, 11) is 0. The van der Waals surface area contributed by atoms with Crippen LogP contribution in [0.2, 0.25) is 0 Å². The second kappa shape index (κ2) is 11.8. The van der Waals surface area contributed by atoms with Crippen LogP contribution < -0.4 is 0 Å². The Labute approximate surface area is 174 Å². The number of carbonyl (C=O) groups is 2. The smallest absolute Gasteiger partial charge is 0.425 e. The summed E-state index contributed by atoms with van der Waals surface area (Å²) < 4.78 is 46.0. The number of hydrogen-bond acceptors (Lipinski definition) is 4. The molecule has 0 N–H and O–H groups in total. The molecule has 29 heavy (non-hydrogen) atoms. The normalized spacial score (nSPS) is 13.8. The summed E-state index contributed by atoms with van der Waals surface area (Å²) in [5, 5.41) is 0. The standard InChI is InChI=1S/C13H26O2.C9H15F3O2/c1-8-13(6,7)12(14)15-11(9(2)3)10(4)5;1-5-8(3,4)7(13)14-6(2)9(10,11)12/h9-11H,8H2,1-7H3;6H,5H2,1-4H3. The van der Waals surface area contributed by atoms with Crippen LogP contribution in [-0.2, 0) is 19.1 Å². The summed E-state index contributed by atoms with van der Waals surface area (Å²) in [5.41, 5.74) is -1.22. The summed E-state index contributed by atoms with van der Waals surface area (Å²) >= 11 is 0. The van der Waals surface area contributed by atoms with Gasteiger partial charge in [-0.05, 0) is 59.3 Å². The van der Waals surface area contributed by atoms with Gasteiger partial charge < -0.3 is 9.47 Å². The molecule has 0 aliphatic carbocycles. The molecule has 0 heterocycles. The molecule has 0 aromatic carbocycles. The predicted octanol–water partition coefficient (Wildman–Crippen LogP) is 6.56. The fourth-order valence-corrected chi connectivity index (χ4v) is 2.00. The summed E-state index contributed by atoms with van der Waals surface area (Å²) in [6, 6.07) is 0. The maximum absolute atomic E-state index is 12.0. The first-order valence-electron chi connectivity index (χ1n) is 10.3. The Morgan fingerprint density at radius 2 is 1.03 bits per heavy atom. The summed E-state index contributed by atoms with van der Waals surface area (Å²) in [5.74, 6) is -0.134. The number of carbonyl (C=O) groups excluding carboxylic acids is 2. The molecule has 0 bridgehead atoms. The van der Waals surface area contributed by atoms with E-state index in [1.54, 1.807) is 20.8 Å². The Hall–Kier alpha value is -1.27. The van der Waals surface area contributed by atoms with Crippen molar-refractivity contribution >= 4 is 11.9 Å². The Kier molecular flexibility index (Phi) is 12.2. The summed E-state index contributed by atoms with van der Waals surface area (Å²) in [4.78, 5) is 23.1. The van der Waals surface area contributed by atoms with Gasteiger partial charge in [-0.3, -0.25) is 9.59 Å². The van der Waals surface area contributed by atoms with Crippen LogP contribution in [0, 0.1) is 22.7 Å². The molecule has 0 spiro atoms. The van der Waals surface area contributed by atoms with E-state index in [2.05, 4.69) is 32.4 Å². The van der Waals surface area contributed by atoms with E-state index in [0.29, 0.717) is 18.3 Å². The number of hydrogen-bond donors (Lipinski definition) is 0. The van der Waals surface area contributed by atoms with Gasteiger partial charge in [0.05, 0.1) is 10.8 Å². The molecular weight excluding hydrogens is 385 g/mol. The second-order valence-corrected chi connectivity index (χ2v) is 9.42. The highest BCUT2D eigenvalue weighted by Crippen LogP contribution is 2.28. The molecule has 7 heteroatoms. The van der Waals surface area contributed by atoms with Gasteiger partial charge in [0, 0.05) is 0 Å². The maximum atomic E-state index is 12.0. The number of rotatable bonds is 8. The van der Waals surface area contributed by atoms with Gasteiger partial charge in [0.1, 0.15) is 6.10 Å². The highest BCUT2D eigenvalue weighted by atomic mass is 19.4. The lowest BCUT2D eigenvalue weighted by Gasteiger charge is -2.29. The fraction of sp³-hybridized carbons (Fsp3) is 0.909. The Morgan fingerprint density at radius 3 is 1.28 bits per heavy atom. The van der Waals surface area contributed by atoms with Gasteiger partial charge in [-0.15, -0.1) is 0 Å². The van der Waals surface area contributed by atoms with Gasteiger partial charge in [-0.1, -0.05) is 41.5 Å². The van der Waals surface area contributed by atoms with Crippen molar-refractivity contribution in [2.75, 3.05) is 0 Å². The molecular formula is C22H41F3O4. The zero-order valence-electron chi connectivity index (χ0n) is 20.0. The minimum Gasteiger partial charge on any atom is -0.461 e. The van der Waals surface area contributed by atoms with E-state index in [1.807, 2.05) is 20.8 Å². The molecule has 1 unspecified atom stereocenters. The molecule has 174 valence electrons. The number of alkyl halides is 3. The molecule has 0 saturated carbocycles. The van der Waals surface area contributed by atoms with Crippen molar-refractivity contribution in [2.24, 2.45) is 22.7 Å². The second-order valence-electron chi connectivity index (χ2n) is 9.42. The number of ether oxygens (including phenoxy) is 2. The van der Waals surface area contributed by atoms with Gasteiger partial charge in [-0.25, -0.2) is 0 Å². The first kappa shape index (κ1) is 29.9. The molecule has 0 aliphatic rings. The van der Waals surface area contributed by atoms with Crippen molar-refractivity contribution in [3.05, 3.63) is 0 Å². The zero-order valence-corrected chi connectivity index (χ0v) is 20.0. The summed E-state index contributed by atoms with van der Waals surface area (Å²) in [6.45, 7) is 19.9. The third-order valence-electron chi connectivity index (χ3n) is 5.17. The Balaban J connectivity index is 0. The van der Waals surface area contributed by atoms with E-state index in [-0.39, 0.29) is 17.5 Å². The molecule has 0 saturated heterocycles. The average Bonchev–Trinajstić information content (AvgIpc) is 2.58. The van der Waals surface area contributed by atoms with Crippen LogP contribution in [0.5, 0.6) is 0 Å². The number of halogens is 3. The van der Waals surface area contributed by atoms with Crippen molar-refractivity contribution in [1.82, 2.24) is 0 Å². The van der Waals surface area contributed by atoms with E-state index < -0.39 is 23.7 Å². The van der Waals surface area contributed by atoms with Crippen LogP contribution in [0.1, 0.15) is 89.0 Å². The SMILES string of the molecule is CCC(C)(C)C(=O)OC(C(C)C)C(C)C.CCC(C)(C)C(=O)OC(C)C(F)(F)F. The first-order valence-corrected chi connectivity index (χ1v) is 10.3. The van der Waals surface area contributed by atoms with Crippen LogP contribution in [0.15, 0.2) is 0 Å². The fourth-order valence-electron chi connectivity index (χ4n) is 2.00. The zero-order chi connectivity index (χ0) is 23.8. The molecule has 0 rings (SSSR count). The van der Waals surface area contributed by atoms with E-state index in [0.717, 1.165) is 13.3 Å². The molecule has 0 aliphatic heterocycles. The molecule has 0 amide bonds. The van der Waals surface area contributed by atoms with Crippen molar-refractivity contribution in [1.29, 1.82) is 0 Å². The minimum absolute atomic E-state index is 0.0309. The van der Waals surface area contributed by atoms with Crippen LogP contribution >= 0.6 is 0 Å². The van der Waals surface area contributed by atoms with Crippen LogP contribution in [0.25, 0.3) is 0 Å². The highest BCUT2D eigenvalue weighted by Gasteiger charge is 2.41. The monoisotopic (exact) mass is 426 g/mol. The van der Waals surface area contributed by atoms with E-state index in [9.17, 15) is 22.8 Å². The quantitative estimate of drug-likeness (QED) is 0.412. The van der Waals surface area contributed by atoms with Crippen LogP contribution in [0.3, 0.4) is 0 Å². The predicted molar refractivity (Wildman–Crippen MR) is 109 cm³/mol. The molecule has 0 aromatic rings. The van der Waals surface area contributed by atoms with Crippen LogP contribution in [-0.4, -0.2) is 30.3 Å². The van der Waals surface area contributed by atoms with Crippen molar-refractivity contribution in [2.45, 2.75) is 107 Å². The van der Waals surface area contributed by atoms with E-state index in [1.165, 1.54) is 0 Å². The average molecular weight is 427 g/mol. The number of esters is 2.